The topological polar surface area (TPSA) is 85.4 Å². The zero-order chi connectivity index (χ0) is 15.7. The second-order valence-corrected chi connectivity index (χ2v) is 4.64. The second kappa shape index (κ2) is 5.71. The molecular weight excluding hydrogens is 329 g/mol. The molecule has 0 fully saturated rings. The first-order valence-electron chi connectivity index (χ1n) is 5.32. The van der Waals surface area contributed by atoms with Crippen LogP contribution in [0.15, 0.2) is 18.2 Å². The normalized spacial score (nSPS) is 10.5. The molecule has 110 valence electrons. The predicted octanol–water partition coefficient (Wildman–Crippen LogP) is 3.97. The van der Waals surface area contributed by atoms with Crippen molar-refractivity contribution in [2.75, 3.05) is 5.73 Å². The average molecular weight is 335 g/mol. The molecule has 0 saturated carbocycles. The van der Waals surface area contributed by atoms with Gasteiger partial charge in [-0.3, -0.25) is 0 Å². The molecule has 9 heteroatoms. The molecule has 0 aliphatic carbocycles. The maximum absolute atomic E-state index is 14.0. The summed E-state index contributed by atoms with van der Waals surface area (Å²) in [6.45, 7) is 0. The number of nitrogens with two attached hydrogens (primary N) is 1. The van der Waals surface area contributed by atoms with Gasteiger partial charge in [-0.2, -0.15) is 4.39 Å². The number of carbonyl (C=O) groups is 1. The third-order valence-electron chi connectivity index (χ3n) is 2.45. The van der Waals surface area contributed by atoms with Crippen molar-refractivity contribution in [1.29, 1.82) is 0 Å². The Morgan fingerprint density at radius 1 is 1.29 bits per heavy atom. The molecule has 0 atom stereocenters. The van der Waals surface area contributed by atoms with E-state index in [4.69, 9.17) is 34.0 Å². The van der Waals surface area contributed by atoms with Gasteiger partial charge in [-0.15, -0.1) is 0 Å². The fourth-order valence-electron chi connectivity index (χ4n) is 1.55. The van der Waals surface area contributed by atoms with E-state index < -0.39 is 35.1 Å². The van der Waals surface area contributed by atoms with Crippen LogP contribution in [-0.4, -0.2) is 16.2 Å². The number of nitrogen functional groups attached to an aromatic ring is 1. The van der Waals surface area contributed by atoms with Gasteiger partial charge >= 0.3 is 6.16 Å². The molecule has 0 unspecified atom stereocenters. The van der Waals surface area contributed by atoms with E-state index in [2.05, 4.69) is 9.72 Å². The van der Waals surface area contributed by atoms with Crippen molar-refractivity contribution in [2.24, 2.45) is 0 Å². The fraction of sp³-hybridized carbons (Fsp3) is 0. The van der Waals surface area contributed by atoms with E-state index in [1.54, 1.807) is 0 Å². The summed E-state index contributed by atoms with van der Waals surface area (Å²) in [5.74, 6) is -3.57. The van der Waals surface area contributed by atoms with Gasteiger partial charge < -0.3 is 15.6 Å². The molecule has 5 nitrogen and oxygen atoms in total. The molecule has 0 bridgehead atoms. The lowest BCUT2D eigenvalue weighted by Gasteiger charge is -2.10. The number of carboxylic acid groups (broad SMARTS) is 1. The maximum Gasteiger partial charge on any atom is 0.512 e. The molecule has 2 rings (SSSR count). The number of halogens is 4. The van der Waals surface area contributed by atoms with Crippen molar-refractivity contribution in [3.8, 4) is 17.1 Å². The van der Waals surface area contributed by atoms with Gasteiger partial charge in [0.2, 0.25) is 5.82 Å². The molecule has 0 aliphatic heterocycles. The summed E-state index contributed by atoms with van der Waals surface area (Å²) in [4.78, 5) is 13.9. The van der Waals surface area contributed by atoms with Crippen LogP contribution < -0.4 is 10.5 Å². The highest BCUT2D eigenvalue weighted by molar-refractivity contribution is 6.36. The molecule has 0 saturated heterocycles. The monoisotopic (exact) mass is 334 g/mol. The standard InChI is InChI=1S/C12H6Cl2F2N2O3/c13-4-1-2-5(6(14)3-4)10-7(15)9(17)8(16)11(18-10)21-12(19)20/h1-3H,(H2,17,18)(H,19,20). The van der Waals surface area contributed by atoms with Crippen molar-refractivity contribution in [3.63, 3.8) is 0 Å². The van der Waals surface area contributed by atoms with Crippen LogP contribution in [0.1, 0.15) is 0 Å². The number of anilines is 1. The first-order valence-corrected chi connectivity index (χ1v) is 6.07. The maximum atomic E-state index is 14.0. The number of benzene rings is 1. The van der Waals surface area contributed by atoms with Gasteiger partial charge in [0, 0.05) is 10.6 Å². The van der Waals surface area contributed by atoms with Crippen LogP contribution in [0.2, 0.25) is 10.0 Å². The minimum atomic E-state index is -1.82. The van der Waals surface area contributed by atoms with Gasteiger partial charge in [0.05, 0.1) is 5.02 Å². The molecule has 0 amide bonds. The Kier molecular flexibility index (Phi) is 4.15. The van der Waals surface area contributed by atoms with Crippen LogP contribution in [0.25, 0.3) is 11.3 Å². The molecule has 0 spiro atoms. The summed E-state index contributed by atoms with van der Waals surface area (Å²) < 4.78 is 31.8. The number of nitrogens with zero attached hydrogens (tertiary/aromatic N) is 1. The Labute approximate surface area is 126 Å². The Morgan fingerprint density at radius 3 is 2.52 bits per heavy atom. The van der Waals surface area contributed by atoms with Crippen LogP contribution >= 0.6 is 23.2 Å². The van der Waals surface area contributed by atoms with E-state index in [9.17, 15) is 13.6 Å². The molecule has 1 aromatic carbocycles. The van der Waals surface area contributed by atoms with E-state index in [0.29, 0.717) is 5.02 Å². The molecule has 1 heterocycles. The van der Waals surface area contributed by atoms with E-state index in [0.717, 1.165) is 0 Å². The minimum Gasteiger partial charge on any atom is -0.449 e. The largest absolute Gasteiger partial charge is 0.512 e. The first-order chi connectivity index (χ1) is 9.81. The van der Waals surface area contributed by atoms with E-state index in [1.807, 2.05) is 0 Å². The number of hydrogen-bond acceptors (Lipinski definition) is 4. The van der Waals surface area contributed by atoms with Crippen LogP contribution in [0.3, 0.4) is 0 Å². The van der Waals surface area contributed by atoms with Crippen molar-refractivity contribution in [3.05, 3.63) is 39.9 Å². The van der Waals surface area contributed by atoms with Crippen molar-refractivity contribution in [2.45, 2.75) is 0 Å². The molecule has 0 aliphatic rings. The Bertz CT molecular complexity index is 741. The average Bonchev–Trinajstić information content (AvgIpc) is 2.40. The van der Waals surface area contributed by atoms with E-state index in [-0.39, 0.29) is 10.6 Å². The first kappa shape index (κ1) is 15.3. The quantitative estimate of drug-likeness (QED) is 0.811. The Hall–Kier alpha value is -2.12. The van der Waals surface area contributed by atoms with Crippen LogP contribution in [0.5, 0.6) is 5.88 Å². The third-order valence-corrected chi connectivity index (χ3v) is 3.00. The van der Waals surface area contributed by atoms with Crippen molar-refractivity contribution in [1.82, 2.24) is 4.98 Å². The van der Waals surface area contributed by atoms with Crippen molar-refractivity contribution < 1.29 is 23.4 Å². The van der Waals surface area contributed by atoms with E-state index in [1.165, 1.54) is 18.2 Å². The zero-order valence-corrected chi connectivity index (χ0v) is 11.5. The number of pyridine rings is 1. The molecule has 3 N–H and O–H groups in total. The summed E-state index contributed by atoms with van der Waals surface area (Å²) in [6.07, 6.45) is -1.82. The minimum absolute atomic E-state index is 0.0289. The van der Waals surface area contributed by atoms with Gasteiger partial charge in [0.1, 0.15) is 11.4 Å². The molecule has 1 aromatic heterocycles. The molecule has 0 radical (unpaired) electrons. The smallest absolute Gasteiger partial charge is 0.449 e. The molecule has 21 heavy (non-hydrogen) atoms. The highest BCUT2D eigenvalue weighted by Gasteiger charge is 2.23. The Balaban J connectivity index is 2.68. The lowest BCUT2D eigenvalue weighted by atomic mass is 10.1. The lowest BCUT2D eigenvalue weighted by molar-refractivity contribution is 0.140. The number of hydrogen-bond donors (Lipinski definition) is 2. The summed E-state index contributed by atoms with van der Waals surface area (Å²) in [5, 5.41) is 8.82. The second-order valence-electron chi connectivity index (χ2n) is 3.80. The van der Waals surface area contributed by atoms with Gasteiger partial charge in [-0.1, -0.05) is 23.2 Å². The van der Waals surface area contributed by atoms with E-state index >= 15 is 0 Å². The van der Waals surface area contributed by atoms with Crippen LogP contribution in [0, 0.1) is 11.6 Å². The highest BCUT2D eigenvalue weighted by atomic mass is 35.5. The number of aromatic nitrogens is 1. The van der Waals surface area contributed by atoms with Crippen molar-refractivity contribution >= 4 is 35.0 Å². The number of ether oxygens (including phenoxy) is 1. The predicted molar refractivity (Wildman–Crippen MR) is 72.7 cm³/mol. The summed E-state index contributed by atoms with van der Waals surface area (Å²) in [6, 6.07) is 4.05. The zero-order valence-electron chi connectivity index (χ0n) is 10.0. The number of rotatable bonds is 2. The van der Waals surface area contributed by atoms with Gasteiger partial charge in [0.25, 0.3) is 5.88 Å². The fourth-order valence-corrected chi connectivity index (χ4v) is 2.05. The molecular formula is C12H6Cl2F2N2O3. The van der Waals surface area contributed by atoms with Gasteiger partial charge in [-0.25, -0.2) is 14.2 Å². The molecule has 2 aromatic rings. The summed E-state index contributed by atoms with van der Waals surface area (Å²) >= 11 is 11.6. The summed E-state index contributed by atoms with van der Waals surface area (Å²) in [5.41, 5.74) is 3.92. The van der Waals surface area contributed by atoms with Crippen LogP contribution in [0.4, 0.5) is 19.3 Å². The van der Waals surface area contributed by atoms with Crippen LogP contribution in [-0.2, 0) is 0 Å². The highest BCUT2D eigenvalue weighted by Crippen LogP contribution is 2.35. The SMILES string of the molecule is Nc1c(F)c(OC(=O)O)nc(-c2ccc(Cl)cc2Cl)c1F. The Morgan fingerprint density at radius 2 is 1.95 bits per heavy atom. The third kappa shape index (κ3) is 2.98. The summed E-state index contributed by atoms with van der Waals surface area (Å²) in [7, 11) is 0. The lowest BCUT2D eigenvalue weighted by Crippen LogP contribution is -2.10. The van der Waals surface area contributed by atoms with Gasteiger partial charge in [0.15, 0.2) is 5.82 Å². The van der Waals surface area contributed by atoms with Gasteiger partial charge in [-0.05, 0) is 18.2 Å².